The maximum atomic E-state index is 13.0. The van der Waals surface area contributed by atoms with E-state index in [1.165, 1.54) is 54.6 Å². The average Bonchev–Trinajstić information content (AvgIpc) is 2.75. The zero-order chi connectivity index (χ0) is 25.1. The lowest BCUT2D eigenvalue weighted by molar-refractivity contribution is -0.114. The van der Waals surface area contributed by atoms with Crippen LogP contribution in [0.25, 0.3) is 0 Å². The van der Waals surface area contributed by atoms with Gasteiger partial charge in [0.2, 0.25) is 15.9 Å². The molecule has 3 aromatic rings. The quantitative estimate of drug-likeness (QED) is 0.437. The Bertz CT molecular complexity index is 1420. The van der Waals surface area contributed by atoms with E-state index < -0.39 is 38.3 Å². The summed E-state index contributed by atoms with van der Waals surface area (Å²) in [5.74, 6) is -1.20. The van der Waals surface area contributed by atoms with Gasteiger partial charge in [0.25, 0.3) is 10.0 Å². The van der Waals surface area contributed by atoms with Crippen molar-refractivity contribution < 1.29 is 26.0 Å². The highest BCUT2D eigenvalue weighted by Crippen LogP contribution is 2.33. The van der Waals surface area contributed by atoms with Crippen molar-refractivity contribution in [2.45, 2.75) is 4.90 Å². The van der Waals surface area contributed by atoms with E-state index >= 15 is 0 Å². The molecule has 0 saturated carbocycles. The van der Waals surface area contributed by atoms with Gasteiger partial charge in [0, 0.05) is 11.4 Å². The Morgan fingerprint density at radius 2 is 1.50 bits per heavy atom. The minimum Gasteiger partial charge on any atom is -0.325 e. The first kappa shape index (κ1) is 25.8. The molecule has 0 aliphatic heterocycles. The highest BCUT2D eigenvalue weighted by molar-refractivity contribution is 7.92. The van der Waals surface area contributed by atoms with Gasteiger partial charge in [-0.05, 0) is 60.7 Å². The second kappa shape index (κ2) is 10.2. The minimum absolute atomic E-state index is 0.0226. The summed E-state index contributed by atoms with van der Waals surface area (Å²) in [5.41, 5.74) is 0.454. The predicted octanol–water partition coefficient (Wildman–Crippen LogP) is 4.34. The number of anilines is 3. The molecule has 2 N–H and O–H groups in total. The number of rotatable bonds is 8. The van der Waals surface area contributed by atoms with Crippen molar-refractivity contribution in [1.29, 1.82) is 0 Å². The van der Waals surface area contributed by atoms with Crippen molar-refractivity contribution in [2.75, 3.05) is 27.1 Å². The van der Waals surface area contributed by atoms with Crippen LogP contribution in [-0.4, -0.2) is 35.5 Å². The first-order chi connectivity index (χ1) is 15.9. The fraction of sp³-hybridized carbons (Fsp3) is 0.0952. The molecule has 0 unspecified atom stereocenters. The normalized spacial score (nSPS) is 11.6. The van der Waals surface area contributed by atoms with Gasteiger partial charge in [-0.15, -0.1) is 0 Å². The summed E-state index contributed by atoms with van der Waals surface area (Å²) in [6.45, 7) is -0.592. The van der Waals surface area contributed by atoms with Crippen LogP contribution in [0.2, 0.25) is 10.0 Å². The van der Waals surface area contributed by atoms with Gasteiger partial charge in [0.05, 0.1) is 26.9 Å². The number of nitrogens with zero attached hydrogens (tertiary/aromatic N) is 1. The Morgan fingerprint density at radius 1 is 0.912 bits per heavy atom. The molecule has 0 fully saturated rings. The molecule has 0 aliphatic carbocycles. The molecule has 0 bridgehead atoms. The number of benzene rings is 3. The number of carbonyl (C=O) groups is 1. The van der Waals surface area contributed by atoms with Crippen LogP contribution in [0.15, 0.2) is 71.6 Å². The average molecular weight is 546 g/mol. The van der Waals surface area contributed by atoms with Crippen LogP contribution >= 0.6 is 23.2 Å². The number of amides is 1. The highest BCUT2D eigenvalue weighted by Gasteiger charge is 2.24. The fourth-order valence-electron chi connectivity index (χ4n) is 2.85. The molecule has 0 radical (unpaired) electrons. The first-order valence-corrected chi connectivity index (χ1v) is 13.6. The summed E-state index contributed by atoms with van der Waals surface area (Å²) in [6, 6.07) is 14.4. The van der Waals surface area contributed by atoms with E-state index in [4.69, 9.17) is 23.2 Å². The third-order valence-electron chi connectivity index (χ3n) is 4.43. The van der Waals surface area contributed by atoms with Crippen molar-refractivity contribution in [3.63, 3.8) is 0 Å². The van der Waals surface area contributed by atoms with E-state index in [0.717, 1.165) is 22.7 Å². The molecule has 0 aliphatic rings. The molecular weight excluding hydrogens is 528 g/mol. The van der Waals surface area contributed by atoms with Crippen LogP contribution in [0.1, 0.15) is 0 Å². The summed E-state index contributed by atoms with van der Waals surface area (Å²) < 4.78 is 65.7. The van der Waals surface area contributed by atoms with Gasteiger partial charge in [-0.3, -0.25) is 13.8 Å². The van der Waals surface area contributed by atoms with Gasteiger partial charge in [0.1, 0.15) is 12.4 Å². The van der Waals surface area contributed by atoms with Crippen LogP contribution in [0.5, 0.6) is 0 Å². The Kier molecular flexibility index (Phi) is 7.71. The smallest absolute Gasteiger partial charge is 0.261 e. The summed E-state index contributed by atoms with van der Waals surface area (Å²) in [5, 5.41) is 2.61. The maximum absolute atomic E-state index is 13.0. The monoisotopic (exact) mass is 545 g/mol. The number of carbonyl (C=O) groups excluding carboxylic acids is 1. The molecule has 13 heteroatoms. The molecule has 0 heterocycles. The summed E-state index contributed by atoms with van der Waals surface area (Å²) in [6.07, 6.45) is 0.922. The van der Waals surface area contributed by atoms with Crippen LogP contribution < -0.4 is 14.3 Å². The van der Waals surface area contributed by atoms with Gasteiger partial charge in [-0.2, -0.15) is 0 Å². The molecule has 0 spiro atoms. The van der Waals surface area contributed by atoms with Gasteiger partial charge in [-0.25, -0.2) is 21.2 Å². The Hall–Kier alpha value is -2.86. The lowest BCUT2D eigenvalue weighted by atomic mass is 10.3. The summed E-state index contributed by atoms with van der Waals surface area (Å²) in [7, 11) is -7.84. The number of hydrogen-bond acceptors (Lipinski definition) is 5. The molecular formula is C21H18Cl2FN3O5S2. The van der Waals surface area contributed by atoms with E-state index in [2.05, 4.69) is 10.0 Å². The Balaban J connectivity index is 1.73. The van der Waals surface area contributed by atoms with Crippen LogP contribution in [0.3, 0.4) is 0 Å². The number of hydrogen-bond donors (Lipinski definition) is 2. The van der Waals surface area contributed by atoms with Crippen molar-refractivity contribution in [2.24, 2.45) is 0 Å². The lowest BCUT2D eigenvalue weighted by Gasteiger charge is -2.23. The molecule has 3 rings (SSSR count). The zero-order valence-electron chi connectivity index (χ0n) is 17.5. The van der Waals surface area contributed by atoms with Gasteiger partial charge in [-0.1, -0.05) is 29.3 Å². The van der Waals surface area contributed by atoms with Gasteiger partial charge >= 0.3 is 0 Å². The molecule has 8 nitrogen and oxygen atoms in total. The van der Waals surface area contributed by atoms with E-state index in [1.807, 2.05) is 0 Å². The molecule has 0 atom stereocenters. The standard InChI is InChI=1S/C21H18Cl2FN3O5S2/c1-33(29,30)27(19-4-2-3-18(22)21(19)23)13-20(28)25-15-9-11-17(12-10-15)34(31,32)26-16-7-5-14(24)6-8-16/h2-12,26H,13H2,1H3,(H,25,28). The third kappa shape index (κ3) is 6.38. The molecule has 0 aromatic heterocycles. The largest absolute Gasteiger partial charge is 0.325 e. The summed E-state index contributed by atoms with van der Waals surface area (Å²) in [4.78, 5) is 12.4. The van der Waals surface area contributed by atoms with Gasteiger partial charge in [0.15, 0.2) is 0 Å². The Morgan fingerprint density at radius 3 is 2.09 bits per heavy atom. The molecule has 1 amide bonds. The maximum Gasteiger partial charge on any atom is 0.261 e. The van der Waals surface area contributed by atoms with E-state index in [1.54, 1.807) is 0 Å². The lowest BCUT2D eigenvalue weighted by Crippen LogP contribution is -2.37. The molecule has 34 heavy (non-hydrogen) atoms. The van der Waals surface area contributed by atoms with Crippen molar-refractivity contribution >= 4 is 66.2 Å². The Labute approximate surface area is 206 Å². The molecule has 180 valence electrons. The predicted molar refractivity (Wildman–Crippen MR) is 131 cm³/mol. The minimum atomic E-state index is -3.95. The fourth-order valence-corrected chi connectivity index (χ4v) is 5.21. The van der Waals surface area contributed by atoms with Crippen molar-refractivity contribution in [3.05, 3.63) is 82.6 Å². The third-order valence-corrected chi connectivity index (χ3v) is 7.76. The van der Waals surface area contributed by atoms with Crippen LogP contribution in [0, 0.1) is 5.82 Å². The first-order valence-electron chi connectivity index (χ1n) is 9.47. The number of halogens is 3. The van der Waals surface area contributed by atoms with Crippen LogP contribution in [0.4, 0.5) is 21.5 Å². The number of sulfonamides is 2. The topological polar surface area (TPSA) is 113 Å². The second-order valence-electron chi connectivity index (χ2n) is 7.03. The van der Waals surface area contributed by atoms with E-state index in [0.29, 0.717) is 0 Å². The van der Waals surface area contributed by atoms with Crippen molar-refractivity contribution in [1.82, 2.24) is 0 Å². The summed E-state index contributed by atoms with van der Waals surface area (Å²) >= 11 is 12.1. The zero-order valence-corrected chi connectivity index (χ0v) is 20.6. The van der Waals surface area contributed by atoms with E-state index in [-0.39, 0.29) is 32.0 Å². The number of nitrogens with one attached hydrogen (secondary N) is 2. The molecule has 0 saturated heterocycles. The van der Waals surface area contributed by atoms with Crippen molar-refractivity contribution in [3.8, 4) is 0 Å². The van der Waals surface area contributed by atoms with Gasteiger partial charge < -0.3 is 5.32 Å². The van der Waals surface area contributed by atoms with E-state index in [9.17, 15) is 26.0 Å². The SMILES string of the molecule is CS(=O)(=O)N(CC(=O)Nc1ccc(S(=O)(=O)Nc2ccc(F)cc2)cc1)c1cccc(Cl)c1Cl. The highest BCUT2D eigenvalue weighted by atomic mass is 35.5. The second-order valence-corrected chi connectivity index (χ2v) is 11.4. The molecule has 3 aromatic carbocycles. The van der Waals surface area contributed by atoms with Crippen LogP contribution in [-0.2, 0) is 24.8 Å².